The number of nitrogens with zero attached hydrogens (tertiary/aromatic N) is 5. The van der Waals surface area contributed by atoms with E-state index in [1.165, 1.54) is 6.42 Å². The number of aromatic nitrogens is 4. The van der Waals surface area contributed by atoms with E-state index in [9.17, 15) is 4.79 Å². The van der Waals surface area contributed by atoms with Crippen molar-refractivity contribution in [2.45, 2.75) is 18.9 Å². The van der Waals surface area contributed by atoms with E-state index in [-0.39, 0.29) is 6.03 Å². The van der Waals surface area contributed by atoms with Crippen LogP contribution in [-0.4, -0.2) is 57.6 Å². The van der Waals surface area contributed by atoms with Crippen LogP contribution in [0.2, 0.25) is 0 Å². The molecule has 9 heteroatoms. The molecule has 3 aromatic rings. The Hall–Kier alpha value is -3.20. The van der Waals surface area contributed by atoms with Gasteiger partial charge in [-0.3, -0.25) is 9.30 Å². The van der Waals surface area contributed by atoms with Gasteiger partial charge in [0.05, 0.1) is 30.0 Å². The van der Waals surface area contributed by atoms with Crippen molar-refractivity contribution in [3.63, 3.8) is 0 Å². The number of nitrogens with one attached hydrogen (secondary N) is 3. The molecular formula is C19H22N8O. The molecule has 0 aromatic carbocycles. The van der Waals surface area contributed by atoms with Crippen LogP contribution >= 0.6 is 0 Å². The number of anilines is 2. The van der Waals surface area contributed by atoms with Gasteiger partial charge < -0.3 is 16.0 Å². The first-order valence-electron chi connectivity index (χ1n) is 9.61. The third-order valence-corrected chi connectivity index (χ3v) is 5.18. The van der Waals surface area contributed by atoms with E-state index >= 15 is 0 Å². The van der Waals surface area contributed by atoms with Gasteiger partial charge in [-0.15, -0.1) is 0 Å². The molecule has 0 aliphatic carbocycles. The van der Waals surface area contributed by atoms with Crippen molar-refractivity contribution in [2.24, 2.45) is 0 Å². The molecule has 5 heterocycles. The highest BCUT2D eigenvalue weighted by atomic mass is 16.2. The Balaban J connectivity index is 1.47. The Morgan fingerprint density at radius 2 is 2.14 bits per heavy atom. The zero-order chi connectivity index (χ0) is 18.9. The summed E-state index contributed by atoms with van der Waals surface area (Å²) in [6.07, 6.45) is 7.63. The van der Waals surface area contributed by atoms with Crippen molar-refractivity contribution in [2.75, 3.05) is 36.4 Å². The lowest BCUT2D eigenvalue weighted by Gasteiger charge is -2.24. The van der Waals surface area contributed by atoms with Crippen molar-refractivity contribution in [1.29, 1.82) is 0 Å². The minimum Gasteiger partial charge on any atom is -0.366 e. The van der Waals surface area contributed by atoms with Crippen LogP contribution in [0.15, 0.2) is 36.8 Å². The number of urea groups is 1. The number of carbonyl (C=O) groups excluding carboxylic acids is 1. The van der Waals surface area contributed by atoms with Gasteiger partial charge >= 0.3 is 6.03 Å². The molecule has 0 bridgehead atoms. The zero-order valence-electron chi connectivity index (χ0n) is 15.4. The first-order valence-corrected chi connectivity index (χ1v) is 9.61. The highest BCUT2D eigenvalue weighted by molar-refractivity contribution is 5.93. The molecule has 2 aliphatic rings. The molecule has 3 N–H and O–H groups in total. The quantitative estimate of drug-likeness (QED) is 0.636. The normalized spacial score (nSPS) is 19.8. The molecule has 0 saturated carbocycles. The summed E-state index contributed by atoms with van der Waals surface area (Å²) in [7, 11) is 0. The SMILES string of the molecule is O=C1NCCN1c1cn2c(-c3cccc(NC4CCCNC4)n3)cnc2cn1. The maximum Gasteiger partial charge on any atom is 0.323 e. The van der Waals surface area contributed by atoms with Gasteiger partial charge in [0.25, 0.3) is 0 Å². The smallest absolute Gasteiger partial charge is 0.323 e. The summed E-state index contributed by atoms with van der Waals surface area (Å²) in [5.74, 6) is 1.46. The monoisotopic (exact) mass is 378 g/mol. The van der Waals surface area contributed by atoms with Crippen molar-refractivity contribution >= 4 is 23.3 Å². The predicted octanol–water partition coefficient (Wildman–Crippen LogP) is 1.48. The Bertz CT molecular complexity index is 1010. The van der Waals surface area contributed by atoms with Crippen LogP contribution in [0.4, 0.5) is 16.4 Å². The van der Waals surface area contributed by atoms with Crippen molar-refractivity contribution in [3.8, 4) is 11.4 Å². The van der Waals surface area contributed by atoms with Gasteiger partial charge in [-0.05, 0) is 31.5 Å². The average molecular weight is 378 g/mol. The number of carbonyl (C=O) groups is 1. The van der Waals surface area contributed by atoms with Crippen molar-refractivity contribution in [3.05, 3.63) is 36.8 Å². The van der Waals surface area contributed by atoms with Gasteiger partial charge in [0.1, 0.15) is 5.82 Å². The second kappa shape index (κ2) is 7.08. The standard InChI is InChI=1S/C19H22N8O/c28-19-21-7-8-26(19)18-12-27-15(10-22-17(27)11-23-18)14-4-1-5-16(25-14)24-13-3-2-6-20-9-13/h1,4-5,10-13,20H,2-3,6-9H2,(H,21,28)(H,24,25). The van der Waals surface area contributed by atoms with E-state index in [0.717, 1.165) is 42.4 Å². The third kappa shape index (κ3) is 3.13. The van der Waals surface area contributed by atoms with E-state index in [4.69, 9.17) is 4.98 Å². The Morgan fingerprint density at radius 1 is 1.18 bits per heavy atom. The third-order valence-electron chi connectivity index (χ3n) is 5.18. The number of piperidine rings is 1. The van der Waals surface area contributed by atoms with Crippen LogP contribution < -0.4 is 20.9 Å². The molecule has 1 atom stereocenters. The lowest BCUT2D eigenvalue weighted by Crippen LogP contribution is -2.38. The molecule has 2 saturated heterocycles. The average Bonchev–Trinajstić information content (AvgIpc) is 3.34. The fraction of sp³-hybridized carbons (Fsp3) is 0.368. The topological polar surface area (TPSA) is 99.5 Å². The van der Waals surface area contributed by atoms with Crippen LogP contribution in [0.5, 0.6) is 0 Å². The molecule has 2 fully saturated rings. The summed E-state index contributed by atoms with van der Waals surface area (Å²) in [4.78, 5) is 27.2. The molecule has 1 unspecified atom stereocenters. The molecule has 0 radical (unpaired) electrons. The lowest BCUT2D eigenvalue weighted by atomic mass is 10.1. The summed E-state index contributed by atoms with van der Waals surface area (Å²) < 4.78 is 1.93. The summed E-state index contributed by atoms with van der Waals surface area (Å²) in [5.41, 5.74) is 2.41. The number of hydrogen-bond donors (Lipinski definition) is 3. The molecule has 2 aliphatic heterocycles. The molecular weight excluding hydrogens is 356 g/mol. The van der Waals surface area contributed by atoms with Gasteiger partial charge in [-0.25, -0.2) is 19.7 Å². The number of imidazole rings is 1. The van der Waals surface area contributed by atoms with E-state index in [1.807, 2.05) is 28.8 Å². The number of hydrogen-bond acceptors (Lipinski definition) is 6. The van der Waals surface area contributed by atoms with Crippen LogP contribution in [0.25, 0.3) is 17.0 Å². The zero-order valence-corrected chi connectivity index (χ0v) is 15.4. The van der Waals surface area contributed by atoms with Gasteiger partial charge in [-0.2, -0.15) is 0 Å². The van der Waals surface area contributed by atoms with Crippen molar-refractivity contribution < 1.29 is 4.79 Å². The lowest BCUT2D eigenvalue weighted by molar-refractivity contribution is 0.252. The van der Waals surface area contributed by atoms with Crippen LogP contribution in [0, 0.1) is 0 Å². The Kier molecular flexibility index (Phi) is 4.28. The number of rotatable bonds is 4. The Morgan fingerprint density at radius 3 is 2.96 bits per heavy atom. The van der Waals surface area contributed by atoms with Gasteiger partial charge in [-0.1, -0.05) is 6.07 Å². The summed E-state index contributed by atoms with van der Waals surface area (Å²) in [5, 5.41) is 9.72. The second-order valence-corrected chi connectivity index (χ2v) is 7.10. The summed E-state index contributed by atoms with van der Waals surface area (Å²) >= 11 is 0. The number of pyridine rings is 1. The predicted molar refractivity (Wildman–Crippen MR) is 106 cm³/mol. The molecule has 9 nitrogen and oxygen atoms in total. The van der Waals surface area contributed by atoms with Gasteiger partial charge in [0, 0.05) is 25.7 Å². The van der Waals surface area contributed by atoms with E-state index in [1.54, 1.807) is 17.3 Å². The summed E-state index contributed by atoms with van der Waals surface area (Å²) in [6, 6.07) is 6.22. The number of fused-ring (bicyclic) bond motifs is 1. The highest BCUT2D eigenvalue weighted by Gasteiger charge is 2.23. The van der Waals surface area contributed by atoms with Crippen LogP contribution in [0.3, 0.4) is 0 Å². The number of amides is 2. The fourth-order valence-electron chi connectivity index (χ4n) is 3.74. The maximum absolute atomic E-state index is 12.0. The molecule has 5 rings (SSSR count). The molecule has 2 amide bonds. The highest BCUT2D eigenvalue weighted by Crippen LogP contribution is 2.23. The largest absolute Gasteiger partial charge is 0.366 e. The maximum atomic E-state index is 12.0. The second-order valence-electron chi connectivity index (χ2n) is 7.10. The minimum atomic E-state index is -0.126. The van der Waals surface area contributed by atoms with Crippen molar-refractivity contribution in [1.82, 2.24) is 30.0 Å². The van der Waals surface area contributed by atoms with Crippen LogP contribution in [-0.2, 0) is 0 Å². The first kappa shape index (κ1) is 16.9. The molecule has 28 heavy (non-hydrogen) atoms. The van der Waals surface area contributed by atoms with E-state index < -0.39 is 0 Å². The Labute approximate surface area is 162 Å². The molecule has 3 aromatic heterocycles. The fourth-order valence-corrected chi connectivity index (χ4v) is 3.74. The minimum absolute atomic E-state index is 0.126. The molecule has 0 spiro atoms. The first-order chi connectivity index (χ1) is 13.8. The molecule has 144 valence electrons. The van der Waals surface area contributed by atoms with Gasteiger partial charge in [0.15, 0.2) is 11.5 Å². The van der Waals surface area contributed by atoms with Crippen LogP contribution in [0.1, 0.15) is 12.8 Å². The summed E-state index contributed by atoms with van der Waals surface area (Å²) in [6.45, 7) is 3.27. The van der Waals surface area contributed by atoms with E-state index in [2.05, 4.69) is 25.9 Å². The van der Waals surface area contributed by atoms with Gasteiger partial charge in [0.2, 0.25) is 0 Å². The van der Waals surface area contributed by atoms with E-state index in [0.29, 0.717) is 24.9 Å².